The molecule has 0 aliphatic rings. The molecule has 0 heterocycles. The number of rotatable bonds is 5. The second kappa shape index (κ2) is 6.25. The van der Waals surface area contributed by atoms with Gasteiger partial charge in [-0.3, -0.25) is 9.59 Å². The van der Waals surface area contributed by atoms with Crippen LogP contribution in [0.15, 0.2) is 24.3 Å². The van der Waals surface area contributed by atoms with Gasteiger partial charge in [0.15, 0.2) is 0 Å². The number of carbonyl (C=O) groups is 3. The Morgan fingerprint density at radius 1 is 1.19 bits per heavy atom. The zero-order valence-electron chi connectivity index (χ0n) is 10.3. The number of hydrogen-bond donors (Lipinski definition) is 3. The van der Waals surface area contributed by atoms with Crippen molar-refractivity contribution < 1.29 is 37.8 Å². The Bertz CT molecular complexity index is 570. The van der Waals surface area contributed by atoms with Crippen molar-refractivity contribution >= 4 is 17.8 Å². The molecule has 0 radical (unpaired) electrons. The van der Waals surface area contributed by atoms with E-state index in [1.54, 1.807) is 0 Å². The number of halogens is 3. The molecule has 9 heteroatoms. The molecule has 0 saturated carbocycles. The third kappa shape index (κ3) is 4.79. The van der Waals surface area contributed by atoms with Crippen molar-refractivity contribution in [2.24, 2.45) is 0 Å². The molecule has 1 amide bonds. The fourth-order valence-electron chi connectivity index (χ4n) is 1.45. The molecule has 1 unspecified atom stereocenters. The van der Waals surface area contributed by atoms with Crippen molar-refractivity contribution in [1.82, 2.24) is 5.32 Å². The number of carboxylic acid groups (broad SMARTS) is 2. The minimum absolute atomic E-state index is 0.415. The first-order valence-electron chi connectivity index (χ1n) is 5.54. The first kappa shape index (κ1) is 16.5. The van der Waals surface area contributed by atoms with Crippen LogP contribution in [0.5, 0.6) is 0 Å². The van der Waals surface area contributed by atoms with Gasteiger partial charge in [0.2, 0.25) is 0 Å². The van der Waals surface area contributed by atoms with E-state index in [4.69, 9.17) is 10.2 Å². The number of aliphatic carboxylic acids is 2. The van der Waals surface area contributed by atoms with Crippen LogP contribution in [0.2, 0.25) is 0 Å². The minimum Gasteiger partial charge on any atom is -0.481 e. The lowest BCUT2D eigenvalue weighted by molar-refractivity contribution is -0.145. The van der Waals surface area contributed by atoms with E-state index in [0.717, 1.165) is 18.2 Å². The maximum absolute atomic E-state index is 12.5. The molecule has 114 valence electrons. The summed E-state index contributed by atoms with van der Waals surface area (Å²) in [6.45, 7) is 0. The molecule has 6 nitrogen and oxygen atoms in total. The summed E-state index contributed by atoms with van der Waals surface area (Å²) in [6, 6.07) is 1.62. The van der Waals surface area contributed by atoms with E-state index in [0.29, 0.717) is 6.07 Å². The van der Waals surface area contributed by atoms with Crippen molar-refractivity contribution in [2.75, 3.05) is 0 Å². The summed E-state index contributed by atoms with van der Waals surface area (Å²) < 4.78 is 37.5. The van der Waals surface area contributed by atoms with Gasteiger partial charge in [0.25, 0.3) is 5.91 Å². The van der Waals surface area contributed by atoms with Crippen LogP contribution in [0.1, 0.15) is 22.3 Å². The van der Waals surface area contributed by atoms with Gasteiger partial charge in [-0.15, -0.1) is 0 Å². The fraction of sp³-hybridized carbons (Fsp3) is 0.250. The van der Waals surface area contributed by atoms with Crippen LogP contribution in [0, 0.1) is 0 Å². The first-order chi connectivity index (χ1) is 9.61. The molecule has 1 aromatic rings. The third-order valence-electron chi connectivity index (χ3n) is 2.43. The zero-order chi connectivity index (χ0) is 16.2. The summed E-state index contributed by atoms with van der Waals surface area (Å²) in [5, 5.41) is 19.1. The van der Waals surface area contributed by atoms with Crippen LogP contribution in [0.25, 0.3) is 0 Å². The Kier molecular flexibility index (Phi) is 4.90. The lowest BCUT2D eigenvalue weighted by Crippen LogP contribution is -2.42. The van der Waals surface area contributed by atoms with Crippen LogP contribution in [-0.4, -0.2) is 34.1 Å². The third-order valence-corrected chi connectivity index (χ3v) is 2.43. The lowest BCUT2D eigenvalue weighted by Gasteiger charge is -2.13. The summed E-state index contributed by atoms with van der Waals surface area (Å²) in [6.07, 6.45) is -5.54. The Morgan fingerprint density at radius 2 is 1.81 bits per heavy atom. The highest BCUT2D eigenvalue weighted by molar-refractivity contribution is 5.97. The number of hydrogen-bond acceptors (Lipinski definition) is 3. The monoisotopic (exact) mass is 305 g/mol. The van der Waals surface area contributed by atoms with Gasteiger partial charge in [-0.2, -0.15) is 13.2 Å². The number of nitrogens with one attached hydrogen (secondary N) is 1. The van der Waals surface area contributed by atoms with Crippen LogP contribution in [0.3, 0.4) is 0 Å². The molecule has 0 aromatic heterocycles. The number of carbonyl (C=O) groups excluding carboxylic acids is 1. The molecule has 0 aliphatic carbocycles. The quantitative estimate of drug-likeness (QED) is 0.762. The van der Waals surface area contributed by atoms with E-state index in [-0.39, 0.29) is 0 Å². The summed E-state index contributed by atoms with van der Waals surface area (Å²) in [5.41, 5.74) is -1.48. The molecule has 0 saturated heterocycles. The van der Waals surface area contributed by atoms with E-state index in [9.17, 15) is 27.6 Å². The first-order valence-corrected chi connectivity index (χ1v) is 5.54. The van der Waals surface area contributed by atoms with E-state index in [1.165, 1.54) is 0 Å². The molecule has 1 aromatic carbocycles. The second-order valence-electron chi connectivity index (χ2n) is 4.04. The standard InChI is InChI=1S/C12H10F3NO5/c13-12(14,15)7-3-1-2-6(4-7)10(19)16-8(11(20)21)5-9(17)18/h1-4,8H,5H2,(H,16,19)(H,17,18)(H,20,21). The van der Waals surface area contributed by atoms with Gasteiger partial charge in [0, 0.05) is 5.56 Å². The Hall–Kier alpha value is -2.58. The summed E-state index contributed by atoms with van der Waals surface area (Å²) in [5.74, 6) is -4.17. The van der Waals surface area contributed by atoms with E-state index in [2.05, 4.69) is 0 Å². The van der Waals surface area contributed by atoms with Gasteiger partial charge in [0.1, 0.15) is 6.04 Å². The Balaban J connectivity index is 2.93. The predicted octanol–water partition coefficient (Wildman–Crippen LogP) is 1.36. The Morgan fingerprint density at radius 3 is 2.29 bits per heavy atom. The van der Waals surface area contributed by atoms with Crippen LogP contribution in [0.4, 0.5) is 13.2 Å². The molecule has 21 heavy (non-hydrogen) atoms. The van der Waals surface area contributed by atoms with Gasteiger partial charge in [-0.25, -0.2) is 4.79 Å². The minimum atomic E-state index is -4.65. The summed E-state index contributed by atoms with van der Waals surface area (Å²) in [7, 11) is 0. The number of carboxylic acids is 2. The highest BCUT2D eigenvalue weighted by Gasteiger charge is 2.31. The topological polar surface area (TPSA) is 104 Å². The molecule has 0 aliphatic heterocycles. The molecule has 1 atom stereocenters. The maximum atomic E-state index is 12.5. The summed E-state index contributed by atoms with van der Waals surface area (Å²) in [4.78, 5) is 32.9. The zero-order valence-corrected chi connectivity index (χ0v) is 10.3. The highest BCUT2D eigenvalue weighted by atomic mass is 19.4. The second-order valence-corrected chi connectivity index (χ2v) is 4.04. The summed E-state index contributed by atoms with van der Waals surface area (Å²) >= 11 is 0. The van der Waals surface area contributed by atoms with E-state index < -0.39 is 47.6 Å². The van der Waals surface area contributed by atoms with Crippen molar-refractivity contribution in [3.05, 3.63) is 35.4 Å². The molecular formula is C12H10F3NO5. The maximum Gasteiger partial charge on any atom is 0.416 e. The fourth-order valence-corrected chi connectivity index (χ4v) is 1.45. The predicted molar refractivity (Wildman–Crippen MR) is 62.6 cm³/mol. The molecule has 1 rings (SSSR count). The highest BCUT2D eigenvalue weighted by Crippen LogP contribution is 2.29. The van der Waals surface area contributed by atoms with Gasteiger partial charge >= 0.3 is 18.1 Å². The van der Waals surface area contributed by atoms with Crippen molar-refractivity contribution in [2.45, 2.75) is 18.6 Å². The number of alkyl halides is 3. The van der Waals surface area contributed by atoms with E-state index in [1.807, 2.05) is 5.32 Å². The smallest absolute Gasteiger partial charge is 0.416 e. The van der Waals surface area contributed by atoms with Crippen LogP contribution in [-0.2, 0) is 15.8 Å². The molecular weight excluding hydrogens is 295 g/mol. The Labute approximate surface area is 116 Å². The van der Waals surface area contributed by atoms with Gasteiger partial charge in [-0.1, -0.05) is 6.07 Å². The van der Waals surface area contributed by atoms with Crippen LogP contribution < -0.4 is 5.32 Å². The van der Waals surface area contributed by atoms with Crippen molar-refractivity contribution in [3.63, 3.8) is 0 Å². The van der Waals surface area contributed by atoms with Crippen molar-refractivity contribution in [1.29, 1.82) is 0 Å². The normalized spacial score (nSPS) is 12.5. The molecule has 0 fully saturated rings. The van der Waals surface area contributed by atoms with Gasteiger partial charge in [-0.05, 0) is 18.2 Å². The molecule has 3 N–H and O–H groups in total. The van der Waals surface area contributed by atoms with Crippen LogP contribution >= 0.6 is 0 Å². The largest absolute Gasteiger partial charge is 0.481 e. The SMILES string of the molecule is O=C(O)CC(NC(=O)c1cccc(C(F)(F)F)c1)C(=O)O. The molecule has 0 bridgehead atoms. The van der Waals surface area contributed by atoms with Gasteiger partial charge in [0.05, 0.1) is 12.0 Å². The van der Waals surface area contributed by atoms with Crippen molar-refractivity contribution in [3.8, 4) is 0 Å². The molecule has 0 spiro atoms. The number of benzene rings is 1. The van der Waals surface area contributed by atoms with E-state index >= 15 is 0 Å². The number of amides is 1. The van der Waals surface area contributed by atoms with Gasteiger partial charge < -0.3 is 15.5 Å². The average molecular weight is 305 g/mol. The lowest BCUT2D eigenvalue weighted by atomic mass is 10.1. The average Bonchev–Trinajstić information content (AvgIpc) is 2.36.